The Kier molecular flexibility index (Phi) is 6.87. The lowest BCUT2D eigenvalue weighted by Crippen LogP contribution is -2.32. The fourth-order valence-electron chi connectivity index (χ4n) is 2.60. The lowest BCUT2D eigenvalue weighted by molar-refractivity contribution is -0.121. The van der Waals surface area contributed by atoms with Crippen molar-refractivity contribution in [3.8, 4) is 0 Å². The smallest absolute Gasteiger partial charge is 0.321 e. The first-order valence-corrected chi connectivity index (χ1v) is 8.25. The van der Waals surface area contributed by atoms with Gasteiger partial charge in [-0.2, -0.15) is 0 Å². The van der Waals surface area contributed by atoms with Gasteiger partial charge < -0.3 is 20.9 Å². The van der Waals surface area contributed by atoms with Gasteiger partial charge in [-0.1, -0.05) is 12.1 Å². The van der Waals surface area contributed by atoms with Crippen molar-refractivity contribution >= 4 is 17.6 Å². The molecule has 1 aliphatic heterocycles. The van der Waals surface area contributed by atoms with Gasteiger partial charge in [-0.3, -0.25) is 4.79 Å². The third-order valence-corrected chi connectivity index (χ3v) is 3.89. The summed E-state index contributed by atoms with van der Waals surface area (Å²) >= 11 is 0. The SMILES string of the molecule is CNCCCC(=O)NCc1cccc(NC(=O)N2CCCC2)c1. The summed E-state index contributed by atoms with van der Waals surface area (Å²) < 4.78 is 0. The predicted molar refractivity (Wildman–Crippen MR) is 91.3 cm³/mol. The molecule has 2 rings (SSSR count). The van der Waals surface area contributed by atoms with Crippen LogP contribution in [-0.2, 0) is 11.3 Å². The first-order valence-electron chi connectivity index (χ1n) is 8.25. The van der Waals surface area contributed by atoms with E-state index in [1.807, 2.05) is 36.2 Å². The Labute approximate surface area is 137 Å². The van der Waals surface area contributed by atoms with E-state index in [1.165, 1.54) is 0 Å². The lowest BCUT2D eigenvalue weighted by Gasteiger charge is -2.16. The van der Waals surface area contributed by atoms with Crippen LogP contribution >= 0.6 is 0 Å². The monoisotopic (exact) mass is 318 g/mol. The number of likely N-dealkylation sites (tertiary alicyclic amines) is 1. The van der Waals surface area contributed by atoms with E-state index in [1.54, 1.807) is 0 Å². The van der Waals surface area contributed by atoms with Crippen LogP contribution in [0.2, 0.25) is 0 Å². The highest BCUT2D eigenvalue weighted by molar-refractivity contribution is 5.89. The second-order valence-corrected chi connectivity index (χ2v) is 5.81. The first kappa shape index (κ1) is 17.3. The molecule has 126 valence electrons. The largest absolute Gasteiger partial charge is 0.352 e. The zero-order valence-electron chi connectivity index (χ0n) is 13.7. The number of hydrogen-bond acceptors (Lipinski definition) is 3. The van der Waals surface area contributed by atoms with E-state index in [9.17, 15) is 9.59 Å². The Morgan fingerprint density at radius 2 is 2.00 bits per heavy atom. The van der Waals surface area contributed by atoms with Gasteiger partial charge in [-0.15, -0.1) is 0 Å². The Morgan fingerprint density at radius 3 is 2.74 bits per heavy atom. The Bertz CT molecular complexity index is 527. The van der Waals surface area contributed by atoms with Gasteiger partial charge in [0.25, 0.3) is 0 Å². The number of amides is 3. The van der Waals surface area contributed by atoms with Crippen LogP contribution in [0.4, 0.5) is 10.5 Å². The summed E-state index contributed by atoms with van der Waals surface area (Å²) in [6.45, 7) is 2.97. The van der Waals surface area contributed by atoms with E-state index in [2.05, 4.69) is 16.0 Å². The van der Waals surface area contributed by atoms with Crippen molar-refractivity contribution < 1.29 is 9.59 Å². The molecule has 1 aliphatic rings. The molecule has 0 aliphatic carbocycles. The van der Waals surface area contributed by atoms with Crippen molar-refractivity contribution in [1.29, 1.82) is 0 Å². The van der Waals surface area contributed by atoms with Crippen molar-refractivity contribution in [3.05, 3.63) is 29.8 Å². The third-order valence-electron chi connectivity index (χ3n) is 3.89. The van der Waals surface area contributed by atoms with Crippen LogP contribution in [-0.4, -0.2) is 43.5 Å². The highest BCUT2D eigenvalue weighted by atomic mass is 16.2. The maximum Gasteiger partial charge on any atom is 0.321 e. The van der Waals surface area contributed by atoms with Crippen LogP contribution in [0.25, 0.3) is 0 Å². The van der Waals surface area contributed by atoms with E-state index in [-0.39, 0.29) is 11.9 Å². The van der Waals surface area contributed by atoms with Gasteiger partial charge in [0, 0.05) is 31.7 Å². The standard InChI is InChI=1S/C17H26N4O2/c1-18-9-5-8-16(22)19-13-14-6-4-7-15(12-14)20-17(23)21-10-2-3-11-21/h4,6-7,12,18H,2-3,5,8-11,13H2,1H3,(H,19,22)(H,20,23). The van der Waals surface area contributed by atoms with Gasteiger partial charge in [0.05, 0.1) is 0 Å². The number of nitrogens with zero attached hydrogens (tertiary/aromatic N) is 1. The molecule has 6 heteroatoms. The zero-order valence-corrected chi connectivity index (χ0v) is 13.7. The quantitative estimate of drug-likeness (QED) is 0.673. The van der Waals surface area contributed by atoms with Crippen molar-refractivity contribution in [2.24, 2.45) is 0 Å². The molecule has 1 aromatic carbocycles. The average molecular weight is 318 g/mol. The number of urea groups is 1. The molecule has 0 unspecified atom stereocenters. The molecular formula is C17H26N4O2. The highest BCUT2D eigenvalue weighted by Crippen LogP contribution is 2.14. The molecule has 6 nitrogen and oxygen atoms in total. The molecule has 0 aromatic heterocycles. The van der Waals surface area contributed by atoms with Crippen LogP contribution in [0.15, 0.2) is 24.3 Å². The minimum atomic E-state index is -0.0456. The number of benzene rings is 1. The molecule has 0 bridgehead atoms. The second kappa shape index (κ2) is 9.15. The maximum atomic E-state index is 12.1. The van der Waals surface area contributed by atoms with Gasteiger partial charge in [-0.25, -0.2) is 4.79 Å². The second-order valence-electron chi connectivity index (χ2n) is 5.81. The summed E-state index contributed by atoms with van der Waals surface area (Å²) in [5, 5.41) is 8.84. The van der Waals surface area contributed by atoms with E-state index in [4.69, 9.17) is 0 Å². The highest BCUT2D eigenvalue weighted by Gasteiger charge is 2.17. The molecule has 0 atom stereocenters. The number of rotatable bonds is 7. The van der Waals surface area contributed by atoms with E-state index < -0.39 is 0 Å². The molecule has 1 fully saturated rings. The fraction of sp³-hybridized carbons (Fsp3) is 0.529. The topological polar surface area (TPSA) is 73.5 Å². The molecule has 23 heavy (non-hydrogen) atoms. The maximum absolute atomic E-state index is 12.1. The minimum Gasteiger partial charge on any atom is -0.352 e. The number of carbonyl (C=O) groups excluding carboxylic acids is 2. The first-order chi connectivity index (χ1) is 11.2. The molecule has 1 saturated heterocycles. The Hall–Kier alpha value is -2.08. The number of nitrogens with one attached hydrogen (secondary N) is 3. The van der Waals surface area contributed by atoms with E-state index in [0.717, 1.165) is 50.1 Å². The number of hydrogen-bond donors (Lipinski definition) is 3. The average Bonchev–Trinajstić information content (AvgIpc) is 3.08. The zero-order chi connectivity index (χ0) is 16.5. The normalized spacial score (nSPS) is 13.9. The fourth-order valence-corrected chi connectivity index (χ4v) is 2.60. The minimum absolute atomic E-state index is 0.0456. The third kappa shape index (κ3) is 5.90. The molecule has 3 N–H and O–H groups in total. The van der Waals surface area contributed by atoms with Crippen molar-refractivity contribution in [1.82, 2.24) is 15.5 Å². The lowest BCUT2D eigenvalue weighted by atomic mass is 10.2. The molecule has 0 saturated carbocycles. The summed E-state index contributed by atoms with van der Waals surface area (Å²) in [6.07, 6.45) is 3.50. The summed E-state index contributed by atoms with van der Waals surface area (Å²) in [5.41, 5.74) is 1.75. The van der Waals surface area contributed by atoms with Gasteiger partial charge in [0.15, 0.2) is 0 Å². The Morgan fingerprint density at radius 1 is 1.22 bits per heavy atom. The van der Waals surface area contributed by atoms with Gasteiger partial charge in [-0.05, 0) is 50.6 Å². The van der Waals surface area contributed by atoms with Crippen LogP contribution < -0.4 is 16.0 Å². The number of anilines is 1. The van der Waals surface area contributed by atoms with E-state index in [0.29, 0.717) is 13.0 Å². The molecule has 1 heterocycles. The van der Waals surface area contributed by atoms with Crippen LogP contribution in [0.3, 0.4) is 0 Å². The summed E-state index contributed by atoms with van der Waals surface area (Å²) in [5.74, 6) is 0.0479. The predicted octanol–water partition coefficient (Wildman–Crippen LogP) is 1.93. The van der Waals surface area contributed by atoms with Crippen molar-refractivity contribution in [3.63, 3.8) is 0 Å². The van der Waals surface area contributed by atoms with Crippen molar-refractivity contribution in [2.75, 3.05) is 32.0 Å². The van der Waals surface area contributed by atoms with Gasteiger partial charge in [0.1, 0.15) is 0 Å². The molecule has 3 amide bonds. The van der Waals surface area contributed by atoms with Crippen LogP contribution in [0, 0.1) is 0 Å². The molecule has 0 spiro atoms. The van der Waals surface area contributed by atoms with Crippen LogP contribution in [0.5, 0.6) is 0 Å². The number of carbonyl (C=O) groups is 2. The molecule has 0 radical (unpaired) electrons. The summed E-state index contributed by atoms with van der Waals surface area (Å²) in [4.78, 5) is 25.6. The summed E-state index contributed by atoms with van der Waals surface area (Å²) in [7, 11) is 1.87. The van der Waals surface area contributed by atoms with Crippen molar-refractivity contribution in [2.45, 2.75) is 32.2 Å². The van der Waals surface area contributed by atoms with Gasteiger partial charge in [0.2, 0.25) is 5.91 Å². The summed E-state index contributed by atoms with van der Waals surface area (Å²) in [6, 6.07) is 7.56. The molecule has 1 aromatic rings. The van der Waals surface area contributed by atoms with Crippen LogP contribution in [0.1, 0.15) is 31.2 Å². The molecular weight excluding hydrogens is 292 g/mol. The Balaban J connectivity index is 1.79. The van der Waals surface area contributed by atoms with E-state index >= 15 is 0 Å². The van der Waals surface area contributed by atoms with Gasteiger partial charge >= 0.3 is 6.03 Å².